The number of hydrogen-bond acceptors (Lipinski definition) is 4. The first-order valence-corrected chi connectivity index (χ1v) is 5.77. The molecule has 0 spiro atoms. The summed E-state index contributed by atoms with van der Waals surface area (Å²) in [6.45, 7) is 3.93. The van der Waals surface area contributed by atoms with Gasteiger partial charge in [-0.3, -0.25) is 4.68 Å². The maximum atomic E-state index is 5.93. The zero-order valence-electron chi connectivity index (χ0n) is 10.0. The minimum absolute atomic E-state index is 0.445. The van der Waals surface area contributed by atoms with E-state index in [1.54, 1.807) is 10.7 Å². The fraction of sp³-hybridized carbons (Fsp3) is 0.364. The Morgan fingerprint density at radius 1 is 1.41 bits per heavy atom. The van der Waals surface area contributed by atoms with E-state index < -0.39 is 0 Å². The van der Waals surface area contributed by atoms with Crippen molar-refractivity contribution in [3.63, 3.8) is 0 Å². The summed E-state index contributed by atoms with van der Waals surface area (Å²) in [5, 5.41) is 7.88. The van der Waals surface area contributed by atoms with Gasteiger partial charge in [-0.1, -0.05) is 18.5 Å². The summed E-state index contributed by atoms with van der Waals surface area (Å²) in [7, 11) is 1.88. The Bertz CT molecular complexity index is 535. The molecule has 0 aromatic carbocycles. The predicted molar refractivity (Wildman–Crippen MR) is 67.6 cm³/mol. The Kier molecular flexibility index (Phi) is 3.28. The van der Waals surface area contributed by atoms with Gasteiger partial charge in [0.2, 0.25) is 0 Å². The van der Waals surface area contributed by atoms with Crippen LogP contribution in [0.15, 0.2) is 12.3 Å². The molecular weight excluding hydrogens is 238 g/mol. The van der Waals surface area contributed by atoms with Crippen molar-refractivity contribution in [3.05, 3.63) is 28.9 Å². The van der Waals surface area contributed by atoms with E-state index in [4.69, 9.17) is 11.6 Å². The van der Waals surface area contributed by atoms with Crippen molar-refractivity contribution in [1.29, 1.82) is 0 Å². The third-order valence-electron chi connectivity index (χ3n) is 2.33. The number of aromatic nitrogens is 4. The molecule has 90 valence electrons. The zero-order chi connectivity index (χ0) is 12.4. The van der Waals surface area contributed by atoms with Crippen LogP contribution in [0.1, 0.15) is 18.4 Å². The van der Waals surface area contributed by atoms with Gasteiger partial charge in [-0.2, -0.15) is 5.10 Å². The summed E-state index contributed by atoms with van der Waals surface area (Å²) in [5.74, 6) is 1.42. The molecule has 0 bridgehead atoms. The first kappa shape index (κ1) is 11.9. The van der Waals surface area contributed by atoms with Gasteiger partial charge in [0.05, 0.1) is 11.4 Å². The maximum absolute atomic E-state index is 5.93. The molecule has 0 saturated heterocycles. The van der Waals surface area contributed by atoms with Crippen LogP contribution < -0.4 is 5.32 Å². The number of hydrogen-bond donors (Lipinski definition) is 1. The lowest BCUT2D eigenvalue weighted by Gasteiger charge is -2.05. The van der Waals surface area contributed by atoms with E-state index in [1.165, 1.54) is 0 Å². The highest BCUT2D eigenvalue weighted by atomic mass is 35.5. The van der Waals surface area contributed by atoms with Gasteiger partial charge in [-0.15, -0.1) is 0 Å². The van der Waals surface area contributed by atoms with Crippen LogP contribution in [0.4, 0.5) is 11.5 Å². The lowest BCUT2D eigenvalue weighted by atomic mass is 10.4. The monoisotopic (exact) mass is 251 g/mol. The number of halogens is 1. The highest BCUT2D eigenvalue weighted by Crippen LogP contribution is 2.19. The predicted octanol–water partition coefficient (Wildman–Crippen LogP) is 2.48. The number of aryl methyl sites for hydroxylation is 3. The van der Waals surface area contributed by atoms with E-state index >= 15 is 0 Å². The quantitative estimate of drug-likeness (QED) is 0.852. The van der Waals surface area contributed by atoms with Crippen LogP contribution in [-0.2, 0) is 13.5 Å². The summed E-state index contributed by atoms with van der Waals surface area (Å²) in [5.41, 5.74) is 1.84. The Morgan fingerprint density at radius 3 is 2.76 bits per heavy atom. The van der Waals surface area contributed by atoms with Crippen LogP contribution in [0.25, 0.3) is 0 Å². The van der Waals surface area contributed by atoms with Crippen molar-refractivity contribution < 1.29 is 0 Å². The highest BCUT2D eigenvalue weighted by Gasteiger charge is 2.06. The van der Waals surface area contributed by atoms with Gasteiger partial charge in [0, 0.05) is 25.7 Å². The summed E-state index contributed by atoms with van der Waals surface area (Å²) in [4.78, 5) is 8.47. The molecule has 6 heteroatoms. The van der Waals surface area contributed by atoms with Crippen molar-refractivity contribution in [2.75, 3.05) is 5.32 Å². The van der Waals surface area contributed by atoms with E-state index in [1.807, 2.05) is 27.1 Å². The molecule has 0 aliphatic carbocycles. The van der Waals surface area contributed by atoms with Crippen LogP contribution in [0.3, 0.4) is 0 Å². The molecule has 0 aliphatic heterocycles. The van der Waals surface area contributed by atoms with E-state index in [9.17, 15) is 0 Å². The maximum Gasteiger partial charge on any atom is 0.135 e. The molecule has 17 heavy (non-hydrogen) atoms. The van der Waals surface area contributed by atoms with Crippen molar-refractivity contribution in [3.8, 4) is 0 Å². The standard InChI is InChI=1S/C11H14ClN5/c1-4-10-14-9(12)5-11(15-10)13-8-6-17(3)16-7(8)2/h5-6H,4H2,1-3H3,(H,13,14,15). The van der Waals surface area contributed by atoms with Gasteiger partial charge in [-0.25, -0.2) is 9.97 Å². The van der Waals surface area contributed by atoms with E-state index in [0.29, 0.717) is 11.0 Å². The molecule has 2 heterocycles. The molecule has 0 saturated carbocycles. The lowest BCUT2D eigenvalue weighted by Crippen LogP contribution is -1.99. The van der Waals surface area contributed by atoms with Gasteiger partial charge in [0.15, 0.2) is 0 Å². The molecule has 0 atom stereocenters. The smallest absolute Gasteiger partial charge is 0.135 e. The zero-order valence-corrected chi connectivity index (χ0v) is 10.8. The van der Waals surface area contributed by atoms with E-state index in [-0.39, 0.29) is 0 Å². The largest absolute Gasteiger partial charge is 0.337 e. The van der Waals surface area contributed by atoms with Crippen molar-refractivity contribution in [2.24, 2.45) is 7.05 Å². The average molecular weight is 252 g/mol. The van der Waals surface area contributed by atoms with Gasteiger partial charge in [0.25, 0.3) is 0 Å². The molecule has 2 rings (SSSR count). The van der Waals surface area contributed by atoms with Gasteiger partial charge in [0.1, 0.15) is 16.8 Å². The molecular formula is C11H14ClN5. The van der Waals surface area contributed by atoms with Gasteiger partial charge >= 0.3 is 0 Å². The molecule has 0 amide bonds. The second kappa shape index (κ2) is 4.71. The Balaban J connectivity index is 2.29. The first-order chi connectivity index (χ1) is 8.08. The minimum Gasteiger partial charge on any atom is -0.337 e. The van der Waals surface area contributed by atoms with Crippen LogP contribution in [0, 0.1) is 6.92 Å². The molecule has 0 aliphatic rings. The van der Waals surface area contributed by atoms with Crippen molar-refractivity contribution in [2.45, 2.75) is 20.3 Å². The third kappa shape index (κ3) is 2.74. The van der Waals surface area contributed by atoms with Crippen LogP contribution >= 0.6 is 11.6 Å². The minimum atomic E-state index is 0.445. The molecule has 0 fully saturated rings. The second-order valence-corrected chi connectivity index (χ2v) is 4.16. The van der Waals surface area contributed by atoms with Crippen molar-refractivity contribution in [1.82, 2.24) is 19.7 Å². The Hall–Kier alpha value is -1.62. The summed E-state index contributed by atoms with van der Waals surface area (Å²) < 4.78 is 1.75. The van der Waals surface area contributed by atoms with Gasteiger partial charge < -0.3 is 5.32 Å². The number of rotatable bonds is 3. The highest BCUT2D eigenvalue weighted by molar-refractivity contribution is 6.29. The topological polar surface area (TPSA) is 55.6 Å². The fourth-order valence-electron chi connectivity index (χ4n) is 1.55. The first-order valence-electron chi connectivity index (χ1n) is 5.39. The molecule has 5 nitrogen and oxygen atoms in total. The molecule has 0 unspecified atom stereocenters. The normalized spacial score (nSPS) is 10.6. The average Bonchev–Trinajstić information content (AvgIpc) is 2.56. The lowest BCUT2D eigenvalue weighted by molar-refractivity contribution is 0.756. The second-order valence-electron chi connectivity index (χ2n) is 3.77. The van der Waals surface area contributed by atoms with E-state index in [0.717, 1.165) is 23.6 Å². The summed E-state index contributed by atoms with van der Waals surface area (Å²) in [6, 6.07) is 1.70. The SMILES string of the molecule is CCc1nc(Cl)cc(Nc2cn(C)nc2C)n1. The summed E-state index contributed by atoms with van der Waals surface area (Å²) >= 11 is 5.93. The number of anilines is 2. The Morgan fingerprint density at radius 2 is 2.18 bits per heavy atom. The molecule has 2 aromatic rings. The third-order valence-corrected chi connectivity index (χ3v) is 2.53. The van der Waals surface area contributed by atoms with Crippen LogP contribution in [0.5, 0.6) is 0 Å². The Labute approximate surface area is 105 Å². The van der Waals surface area contributed by atoms with Crippen LogP contribution in [0.2, 0.25) is 5.15 Å². The number of nitrogens with zero attached hydrogens (tertiary/aromatic N) is 4. The van der Waals surface area contributed by atoms with Crippen LogP contribution in [-0.4, -0.2) is 19.7 Å². The van der Waals surface area contributed by atoms with E-state index in [2.05, 4.69) is 20.4 Å². The summed E-state index contributed by atoms with van der Waals surface area (Å²) in [6.07, 6.45) is 2.65. The number of nitrogens with one attached hydrogen (secondary N) is 1. The van der Waals surface area contributed by atoms with Gasteiger partial charge in [-0.05, 0) is 6.92 Å². The molecule has 1 N–H and O–H groups in total. The fourth-order valence-corrected chi connectivity index (χ4v) is 1.75. The van der Waals surface area contributed by atoms with Crippen molar-refractivity contribution >= 4 is 23.1 Å². The molecule has 2 aromatic heterocycles. The molecule has 0 radical (unpaired) electrons.